The summed E-state index contributed by atoms with van der Waals surface area (Å²) in [5.74, 6) is -3.19. The molecule has 3 aromatic carbocycles. The molecule has 0 unspecified atom stereocenters. The number of hydrogen-bond acceptors (Lipinski definition) is 17. The maximum absolute atomic E-state index is 14.2. The Morgan fingerprint density at radius 1 is 0.857 bits per heavy atom. The molecule has 3 amide bonds. The van der Waals surface area contributed by atoms with Crippen molar-refractivity contribution in [3.8, 4) is 27.7 Å². The minimum atomic E-state index is -2.50. The van der Waals surface area contributed by atoms with Gasteiger partial charge in [-0.05, 0) is 44.9 Å². The molecule has 0 radical (unpaired) electrons. The summed E-state index contributed by atoms with van der Waals surface area (Å²) in [4.78, 5) is 83.6. The van der Waals surface area contributed by atoms with E-state index < -0.39 is 77.4 Å². The number of thiazole rings is 2. The molecule has 5 N–H and O–H groups in total. The average Bonchev–Trinajstić information content (AvgIpc) is 4.14. The number of amides is 3. The summed E-state index contributed by atoms with van der Waals surface area (Å²) in [7, 11) is -1.28. The molecule has 0 bridgehead atoms. The molecule has 0 aliphatic rings. The van der Waals surface area contributed by atoms with E-state index in [2.05, 4.69) is 115 Å². The first-order chi connectivity index (χ1) is 36.9. The lowest BCUT2D eigenvalue weighted by Crippen LogP contribution is -2.55. The number of azide groups is 1. The third-order valence-electron chi connectivity index (χ3n) is 12.8. The van der Waals surface area contributed by atoms with Gasteiger partial charge in [0.15, 0.2) is 19.7 Å². The van der Waals surface area contributed by atoms with E-state index in [9.17, 15) is 34.6 Å². The molecule has 0 spiro atoms. The Labute approximate surface area is 464 Å². The van der Waals surface area contributed by atoms with E-state index in [1.54, 1.807) is 17.1 Å². The Balaban J connectivity index is 1.36. The van der Waals surface area contributed by atoms with Crippen LogP contribution < -0.4 is 16.4 Å². The van der Waals surface area contributed by atoms with Crippen LogP contribution in [0.15, 0.2) is 126 Å². The Morgan fingerprint density at radius 2 is 1.44 bits per heavy atom. The number of nitrogens with one attached hydrogen (secondary N) is 2. The molecule has 23 heteroatoms. The maximum Gasteiger partial charge on any atom is 0.408 e. The van der Waals surface area contributed by atoms with Gasteiger partial charge in [0, 0.05) is 32.7 Å². The van der Waals surface area contributed by atoms with E-state index in [1.165, 1.54) is 36.0 Å². The number of ether oxygens (including phenoxy) is 2. The first-order valence-electron chi connectivity index (χ1n) is 24.4. The van der Waals surface area contributed by atoms with Crippen LogP contribution in [0.25, 0.3) is 32.4 Å². The number of thioether (sulfide) groups is 2. The number of esters is 1. The van der Waals surface area contributed by atoms with Gasteiger partial charge in [-0.3, -0.25) is 14.4 Å². The van der Waals surface area contributed by atoms with Crippen LogP contribution in [-0.4, -0.2) is 101 Å². The van der Waals surface area contributed by atoms with E-state index in [-0.39, 0.29) is 63.2 Å². The van der Waals surface area contributed by atoms with Crippen LogP contribution in [0.3, 0.4) is 0 Å². The normalized spacial score (nSPS) is 12.8. The van der Waals surface area contributed by atoms with Crippen LogP contribution >= 0.6 is 46.2 Å². The maximum atomic E-state index is 14.2. The number of primary amides is 1. The number of hydrogen-bond donors (Lipinski definition) is 4. The monoisotopic (exact) mass is 1140 g/mol. The molecule has 404 valence electrons. The molecule has 0 saturated carbocycles. The van der Waals surface area contributed by atoms with Gasteiger partial charge in [0.05, 0.1) is 24.5 Å². The molecule has 18 nitrogen and oxygen atoms in total. The van der Waals surface area contributed by atoms with Gasteiger partial charge in [0.25, 0.3) is 0 Å². The second-order valence-electron chi connectivity index (χ2n) is 18.4. The quantitative estimate of drug-likeness (QED) is 0.00748. The van der Waals surface area contributed by atoms with Crippen molar-refractivity contribution in [1.29, 1.82) is 0 Å². The van der Waals surface area contributed by atoms with Gasteiger partial charge < -0.3 is 35.4 Å². The number of benzene rings is 3. The first kappa shape index (κ1) is 59.4. The van der Waals surface area contributed by atoms with Gasteiger partial charge in [-0.15, -0.1) is 34.4 Å². The van der Waals surface area contributed by atoms with Gasteiger partial charge in [-0.2, -0.15) is 0 Å². The van der Waals surface area contributed by atoms with Crippen LogP contribution in [-0.2, 0) is 28.2 Å². The largest absolute Gasteiger partial charge is 0.505 e. The average molecular weight is 1140 g/mol. The minimum absolute atomic E-state index is 0.0145. The number of pyridine rings is 1. The molecule has 3 heterocycles. The molecule has 6 rings (SSSR count). The van der Waals surface area contributed by atoms with Crippen molar-refractivity contribution < 1.29 is 43.0 Å². The number of aromatic hydroxyl groups is 1. The highest BCUT2D eigenvalue weighted by molar-refractivity contribution is 8.14. The second kappa shape index (κ2) is 27.5. The summed E-state index contributed by atoms with van der Waals surface area (Å²) in [6.07, 6.45) is 0.734. The predicted octanol–water partition coefficient (Wildman–Crippen LogP) is 11.2. The highest BCUT2D eigenvalue weighted by Crippen LogP contribution is 2.50. The summed E-state index contributed by atoms with van der Waals surface area (Å²) in [6.45, 7) is 15.9. The topological polar surface area (TPSA) is 271 Å². The van der Waals surface area contributed by atoms with E-state index >= 15 is 0 Å². The highest BCUT2D eigenvalue weighted by atomic mass is 32.2. The van der Waals surface area contributed by atoms with Crippen molar-refractivity contribution in [1.82, 2.24) is 25.6 Å². The number of aromatic nitrogens is 3. The summed E-state index contributed by atoms with van der Waals surface area (Å²) >= 11 is 4.38. The smallest absolute Gasteiger partial charge is 0.408 e. The zero-order chi connectivity index (χ0) is 55.9. The van der Waals surface area contributed by atoms with Gasteiger partial charge >= 0.3 is 12.1 Å². The molecular formula is C54H61N9O9S4Si. The van der Waals surface area contributed by atoms with Gasteiger partial charge in [0.2, 0.25) is 16.9 Å². The van der Waals surface area contributed by atoms with Crippen LogP contribution in [0.2, 0.25) is 16.6 Å². The summed E-state index contributed by atoms with van der Waals surface area (Å²) in [6, 6.07) is 27.8. The second-order valence-corrected chi connectivity index (χ2v) is 27.9. The number of rotatable bonds is 26. The zero-order valence-electron chi connectivity index (χ0n) is 43.6. The fourth-order valence-corrected chi connectivity index (χ4v) is 18.9. The predicted molar refractivity (Wildman–Crippen MR) is 306 cm³/mol. The summed E-state index contributed by atoms with van der Waals surface area (Å²) in [5.41, 5.74) is 18.8. The standard InChI is InChI=1S/C54H61N9O9S4Si/c1-9-25-71-53(69)60-42(31-76-54(35-19-13-10-14-20-35,36-21-15-11-16-22-36)37-23-17-12-18-24-37)50-58-40(28-74-50)45-38(49-59-43(30-73-49)51(67)70-8)26-44(64)46(61-45)52(68)75-29-41(62-63-56)48(66)57-39(47(55)65)27-72-77(32(2)3,33(4)5)34(6)7/h9-24,26,28,30,32-34,39,41-42,64H,1,25,27,29,31H2,2-8H3,(H2,55,65)(H,57,66)(H,60,69)/t39-,41-,42-/m0/s1. The highest BCUT2D eigenvalue weighted by Gasteiger charge is 2.46. The fourth-order valence-electron chi connectivity index (χ4n) is 9.27. The van der Waals surface area contributed by atoms with Crippen LogP contribution in [0.4, 0.5) is 4.79 Å². The molecule has 3 aromatic heterocycles. The zero-order valence-corrected chi connectivity index (χ0v) is 47.8. The fraction of sp³-hybridized carbons (Fsp3) is 0.333. The van der Waals surface area contributed by atoms with Crippen molar-refractivity contribution in [3.05, 3.63) is 164 Å². The van der Waals surface area contributed by atoms with Crippen LogP contribution in [0, 0.1) is 0 Å². The number of carbonyl (C=O) groups excluding carboxylic acids is 5. The molecule has 6 aromatic rings. The molecule has 77 heavy (non-hydrogen) atoms. The third kappa shape index (κ3) is 14.0. The SMILES string of the molecule is C=CCOC(=O)N[C@@H](CSC(c1ccccc1)(c1ccccc1)c1ccccc1)c1nc(-c2nc(C(=O)SC[C@H](N=[N+]=[N-])C(=O)N[C@@H](CO[Si](C(C)C)(C(C)C)C(C)C)C(N)=O)c(O)cc2-c2nc(C(=O)OC)cs2)cs1. The minimum Gasteiger partial charge on any atom is -0.505 e. The van der Waals surface area contributed by atoms with E-state index in [4.69, 9.17) is 24.6 Å². The van der Waals surface area contributed by atoms with Gasteiger partial charge in [-0.1, -0.05) is 162 Å². The van der Waals surface area contributed by atoms with E-state index in [1.807, 2.05) is 54.6 Å². The lowest BCUT2D eigenvalue weighted by molar-refractivity contribution is -0.128. The third-order valence-corrected chi connectivity index (χ3v) is 23.2. The lowest BCUT2D eigenvalue weighted by Gasteiger charge is -2.42. The molecule has 0 saturated heterocycles. The number of alkyl carbamates (subject to hydrolysis) is 1. The van der Waals surface area contributed by atoms with Crippen LogP contribution in [0.1, 0.15) is 90.3 Å². The van der Waals surface area contributed by atoms with Crippen molar-refractivity contribution in [2.24, 2.45) is 10.8 Å². The molecule has 0 fully saturated rings. The molecule has 0 aliphatic carbocycles. The van der Waals surface area contributed by atoms with Crippen molar-refractivity contribution >= 4 is 83.5 Å². The number of carbonyl (C=O) groups is 5. The first-order valence-corrected chi connectivity index (χ1v) is 30.3. The Morgan fingerprint density at radius 3 is 1.96 bits per heavy atom. The van der Waals surface area contributed by atoms with Gasteiger partial charge in [0.1, 0.15) is 45.8 Å². The number of nitrogens with zero attached hydrogens (tertiary/aromatic N) is 6. The van der Waals surface area contributed by atoms with Crippen molar-refractivity contribution in [2.75, 3.05) is 31.8 Å². The summed E-state index contributed by atoms with van der Waals surface area (Å²) in [5, 5.41) is 23.7. The van der Waals surface area contributed by atoms with E-state index in [0.717, 1.165) is 28.0 Å². The van der Waals surface area contributed by atoms with Crippen molar-refractivity contribution in [2.45, 2.75) is 81.0 Å². The van der Waals surface area contributed by atoms with Gasteiger partial charge in [-0.25, -0.2) is 24.5 Å². The molecule has 0 aliphatic heterocycles. The number of nitrogens with two attached hydrogens (primary N) is 1. The Kier molecular flexibility index (Phi) is 21.2. The Bertz CT molecular complexity index is 2950. The molecular weight excluding hydrogens is 1080 g/mol. The van der Waals surface area contributed by atoms with E-state index in [0.29, 0.717) is 16.8 Å². The lowest BCUT2D eigenvalue weighted by atomic mass is 9.84. The summed E-state index contributed by atoms with van der Waals surface area (Å²) < 4.78 is 16.1. The molecule has 3 atom stereocenters. The number of methoxy groups -OCH3 is 1. The Hall–Kier alpha value is -6.85. The van der Waals surface area contributed by atoms with Crippen LogP contribution in [0.5, 0.6) is 5.75 Å². The van der Waals surface area contributed by atoms with Crippen molar-refractivity contribution in [3.63, 3.8) is 0 Å².